The molecule has 0 aliphatic carbocycles. The molecule has 166 valence electrons. The summed E-state index contributed by atoms with van der Waals surface area (Å²) in [5, 5.41) is 3.57. The van der Waals surface area contributed by atoms with Crippen LogP contribution in [-0.2, 0) is 6.54 Å². The van der Waals surface area contributed by atoms with Gasteiger partial charge in [-0.3, -0.25) is 9.89 Å². The molecule has 31 heavy (non-hydrogen) atoms. The maximum absolute atomic E-state index is 14.0. The number of guanidine groups is 1. The number of nitrogens with zero attached hydrogens (tertiary/aromatic N) is 3. The second kappa shape index (κ2) is 10.0. The van der Waals surface area contributed by atoms with Crippen LogP contribution in [-0.4, -0.2) is 69.2 Å². The summed E-state index contributed by atoms with van der Waals surface area (Å²) in [5.41, 5.74) is 2.24. The Morgan fingerprint density at radius 3 is 2.74 bits per heavy atom. The lowest BCUT2D eigenvalue weighted by atomic mass is 9.93. The van der Waals surface area contributed by atoms with Gasteiger partial charge < -0.3 is 19.7 Å². The maximum Gasteiger partial charge on any atom is 0.193 e. The number of fused-ring (bicyclic) bond motifs is 1. The first kappa shape index (κ1) is 21.4. The molecule has 2 aromatic carbocycles. The molecule has 0 aromatic heterocycles. The van der Waals surface area contributed by atoms with Crippen molar-refractivity contribution >= 4 is 5.96 Å². The van der Waals surface area contributed by atoms with Crippen LogP contribution in [0.1, 0.15) is 23.5 Å². The van der Waals surface area contributed by atoms with Gasteiger partial charge >= 0.3 is 0 Å². The number of hydrogen-bond donors (Lipinski definition) is 1. The first-order valence-electron chi connectivity index (χ1n) is 10.9. The van der Waals surface area contributed by atoms with Gasteiger partial charge in [0.25, 0.3) is 0 Å². The van der Waals surface area contributed by atoms with E-state index in [0.717, 1.165) is 69.6 Å². The Hall–Kier alpha value is -2.80. The van der Waals surface area contributed by atoms with Crippen LogP contribution < -0.4 is 14.8 Å². The summed E-state index contributed by atoms with van der Waals surface area (Å²) >= 11 is 0. The van der Waals surface area contributed by atoms with Crippen LogP contribution in [0.2, 0.25) is 0 Å². The number of rotatable bonds is 5. The summed E-state index contributed by atoms with van der Waals surface area (Å²) < 4.78 is 24.8. The Balaban J connectivity index is 1.28. The highest BCUT2D eigenvalue weighted by Gasteiger charge is 2.24. The van der Waals surface area contributed by atoms with Crippen LogP contribution in [0.5, 0.6) is 11.5 Å². The molecule has 0 amide bonds. The Bertz CT molecular complexity index is 912. The van der Waals surface area contributed by atoms with Gasteiger partial charge in [0, 0.05) is 52.2 Å². The smallest absolute Gasteiger partial charge is 0.193 e. The molecule has 0 bridgehead atoms. The van der Waals surface area contributed by atoms with Crippen LogP contribution in [0.25, 0.3) is 0 Å². The van der Waals surface area contributed by atoms with E-state index in [4.69, 9.17) is 9.47 Å². The number of halogens is 1. The molecule has 1 N–H and O–H groups in total. The standard InChI is InChI=1S/C24H31FN4O2/c1-26-24(27-16-19-9-14-31-22-6-4-3-5-20(19)22)29-12-10-28(11-13-29)17-18-7-8-23(30-2)21(25)15-18/h3-8,15,19H,9-14,16-17H2,1-2H3,(H,26,27). The van der Waals surface area contributed by atoms with Gasteiger partial charge in [0.2, 0.25) is 0 Å². The third-order valence-electron chi connectivity index (χ3n) is 6.10. The monoisotopic (exact) mass is 426 g/mol. The van der Waals surface area contributed by atoms with Crippen molar-refractivity contribution in [3.8, 4) is 11.5 Å². The molecule has 1 unspecified atom stereocenters. The van der Waals surface area contributed by atoms with E-state index in [0.29, 0.717) is 5.92 Å². The van der Waals surface area contributed by atoms with E-state index in [1.165, 1.54) is 12.7 Å². The van der Waals surface area contributed by atoms with E-state index in [1.54, 1.807) is 12.1 Å². The zero-order valence-corrected chi connectivity index (χ0v) is 18.3. The molecule has 1 saturated heterocycles. The van der Waals surface area contributed by atoms with Crippen molar-refractivity contribution in [3.05, 3.63) is 59.4 Å². The van der Waals surface area contributed by atoms with Gasteiger partial charge in [-0.2, -0.15) is 0 Å². The number of piperazine rings is 1. The van der Waals surface area contributed by atoms with Crippen LogP contribution in [0.4, 0.5) is 4.39 Å². The molecule has 4 rings (SSSR count). The Labute approximate surface area is 183 Å². The SMILES string of the molecule is CN=C(NCC1CCOc2ccccc21)N1CCN(Cc2ccc(OC)c(F)c2)CC1. The second-order valence-electron chi connectivity index (χ2n) is 8.03. The maximum atomic E-state index is 14.0. The molecular formula is C24H31FN4O2. The summed E-state index contributed by atoms with van der Waals surface area (Å²) in [6.07, 6.45) is 1.01. The van der Waals surface area contributed by atoms with E-state index in [-0.39, 0.29) is 11.6 Å². The average molecular weight is 427 g/mol. The molecule has 6 nitrogen and oxygen atoms in total. The summed E-state index contributed by atoms with van der Waals surface area (Å²) in [4.78, 5) is 9.16. The fourth-order valence-electron chi connectivity index (χ4n) is 4.36. The van der Waals surface area contributed by atoms with Crippen molar-refractivity contribution in [1.29, 1.82) is 0 Å². The van der Waals surface area contributed by atoms with E-state index >= 15 is 0 Å². The van der Waals surface area contributed by atoms with Gasteiger partial charge in [-0.05, 0) is 35.7 Å². The number of benzene rings is 2. The molecule has 1 atom stereocenters. The van der Waals surface area contributed by atoms with Crippen LogP contribution in [0.15, 0.2) is 47.5 Å². The summed E-state index contributed by atoms with van der Waals surface area (Å²) in [6, 6.07) is 13.5. The largest absolute Gasteiger partial charge is 0.494 e. The third-order valence-corrected chi connectivity index (χ3v) is 6.10. The van der Waals surface area contributed by atoms with Crippen LogP contribution >= 0.6 is 0 Å². The number of aliphatic imine (C=N–C) groups is 1. The zero-order chi connectivity index (χ0) is 21.6. The molecule has 7 heteroatoms. The van der Waals surface area contributed by atoms with Crippen molar-refractivity contribution in [2.24, 2.45) is 4.99 Å². The summed E-state index contributed by atoms with van der Waals surface area (Å²) in [7, 11) is 3.33. The number of nitrogens with one attached hydrogen (secondary N) is 1. The molecule has 2 aromatic rings. The molecule has 1 fully saturated rings. The van der Waals surface area contributed by atoms with Gasteiger partial charge in [-0.15, -0.1) is 0 Å². The Kier molecular flexibility index (Phi) is 6.92. The van der Waals surface area contributed by atoms with E-state index in [9.17, 15) is 4.39 Å². The molecule has 0 saturated carbocycles. The van der Waals surface area contributed by atoms with Gasteiger partial charge in [0.05, 0.1) is 13.7 Å². The molecule has 2 aliphatic heterocycles. The van der Waals surface area contributed by atoms with Crippen LogP contribution in [0.3, 0.4) is 0 Å². The van der Waals surface area contributed by atoms with E-state index in [1.807, 2.05) is 25.2 Å². The minimum Gasteiger partial charge on any atom is -0.494 e. The number of methoxy groups -OCH3 is 1. The molecular weight excluding hydrogens is 395 g/mol. The minimum absolute atomic E-state index is 0.288. The lowest BCUT2D eigenvalue weighted by Gasteiger charge is -2.37. The summed E-state index contributed by atoms with van der Waals surface area (Å²) in [6.45, 7) is 5.94. The highest BCUT2D eigenvalue weighted by molar-refractivity contribution is 5.80. The van der Waals surface area contributed by atoms with Crippen molar-refractivity contribution in [1.82, 2.24) is 15.1 Å². The molecule has 0 spiro atoms. The highest BCUT2D eigenvalue weighted by atomic mass is 19.1. The fourth-order valence-corrected chi connectivity index (χ4v) is 4.36. The predicted molar refractivity (Wildman–Crippen MR) is 120 cm³/mol. The number of hydrogen-bond acceptors (Lipinski definition) is 4. The average Bonchev–Trinajstić information content (AvgIpc) is 2.81. The van der Waals surface area contributed by atoms with Crippen molar-refractivity contribution in [3.63, 3.8) is 0 Å². The molecule has 0 radical (unpaired) electrons. The summed E-state index contributed by atoms with van der Waals surface area (Å²) in [5.74, 6) is 2.35. The van der Waals surface area contributed by atoms with Crippen molar-refractivity contribution < 1.29 is 13.9 Å². The second-order valence-corrected chi connectivity index (χ2v) is 8.03. The number of para-hydroxylation sites is 1. The molecule has 2 heterocycles. The highest BCUT2D eigenvalue weighted by Crippen LogP contribution is 2.32. The Morgan fingerprint density at radius 2 is 2.00 bits per heavy atom. The predicted octanol–water partition coefficient (Wildman–Crippen LogP) is 3.09. The lowest BCUT2D eigenvalue weighted by molar-refractivity contribution is 0.172. The van der Waals surface area contributed by atoms with Crippen molar-refractivity contribution in [2.75, 3.05) is 53.5 Å². The number of ether oxygens (including phenoxy) is 2. The normalized spacial score (nSPS) is 19.5. The van der Waals surface area contributed by atoms with Crippen molar-refractivity contribution in [2.45, 2.75) is 18.9 Å². The van der Waals surface area contributed by atoms with Gasteiger partial charge in [0.1, 0.15) is 5.75 Å². The van der Waals surface area contributed by atoms with Crippen LogP contribution in [0, 0.1) is 5.82 Å². The van der Waals surface area contributed by atoms with E-state index in [2.05, 4.69) is 32.2 Å². The van der Waals surface area contributed by atoms with E-state index < -0.39 is 0 Å². The topological polar surface area (TPSA) is 49.3 Å². The fraction of sp³-hybridized carbons (Fsp3) is 0.458. The van der Waals surface area contributed by atoms with Gasteiger partial charge in [-0.1, -0.05) is 24.3 Å². The minimum atomic E-state index is -0.307. The third kappa shape index (κ3) is 5.10. The lowest BCUT2D eigenvalue weighted by Crippen LogP contribution is -2.52. The Morgan fingerprint density at radius 1 is 1.19 bits per heavy atom. The zero-order valence-electron chi connectivity index (χ0n) is 18.3. The first-order valence-corrected chi connectivity index (χ1v) is 10.9. The van der Waals surface area contributed by atoms with Gasteiger partial charge in [-0.25, -0.2) is 4.39 Å². The molecule has 2 aliphatic rings. The van der Waals surface area contributed by atoms with Gasteiger partial charge in [0.15, 0.2) is 17.5 Å². The first-order chi connectivity index (χ1) is 15.2. The quantitative estimate of drug-likeness (QED) is 0.588.